The lowest BCUT2D eigenvalue weighted by atomic mass is 9.84. The molecular formula is C23H25N5O3. The van der Waals surface area contributed by atoms with Crippen molar-refractivity contribution in [1.29, 1.82) is 5.26 Å². The van der Waals surface area contributed by atoms with Crippen molar-refractivity contribution >= 4 is 22.8 Å². The zero-order chi connectivity index (χ0) is 22.2. The lowest BCUT2D eigenvalue weighted by molar-refractivity contribution is 0.0748. The van der Waals surface area contributed by atoms with Crippen LogP contribution in [0.25, 0.3) is 11.0 Å². The maximum absolute atomic E-state index is 11.7. The Kier molecular flexibility index (Phi) is 5.19. The molecule has 4 rings (SSSR count). The summed E-state index contributed by atoms with van der Waals surface area (Å²) < 4.78 is 6.03. The first-order valence-electron chi connectivity index (χ1n) is 10.2. The van der Waals surface area contributed by atoms with Gasteiger partial charge in [0.05, 0.1) is 17.8 Å². The van der Waals surface area contributed by atoms with Gasteiger partial charge in [-0.05, 0) is 29.7 Å². The minimum atomic E-state index is -0.893. The molecule has 1 atom stereocenters. The SMILES string of the molecule is CC(C)(C)C1CN(c2ccc(C#N)c(Oc3cnc4[nH]ccc4c3)c2)CCN1C(=O)O. The predicted molar refractivity (Wildman–Crippen MR) is 118 cm³/mol. The van der Waals surface area contributed by atoms with Crippen molar-refractivity contribution in [3.8, 4) is 17.6 Å². The van der Waals surface area contributed by atoms with Gasteiger partial charge in [-0.2, -0.15) is 5.26 Å². The first kappa shape index (κ1) is 20.5. The highest BCUT2D eigenvalue weighted by atomic mass is 16.5. The summed E-state index contributed by atoms with van der Waals surface area (Å²) in [5.74, 6) is 0.994. The minimum Gasteiger partial charge on any atom is -0.465 e. The molecule has 0 radical (unpaired) electrons. The highest BCUT2D eigenvalue weighted by molar-refractivity contribution is 5.76. The van der Waals surface area contributed by atoms with Crippen LogP contribution in [0, 0.1) is 16.7 Å². The first-order valence-corrected chi connectivity index (χ1v) is 10.2. The number of carbonyl (C=O) groups is 1. The summed E-state index contributed by atoms with van der Waals surface area (Å²) in [6.45, 7) is 7.71. The Morgan fingerprint density at radius 1 is 1.29 bits per heavy atom. The normalized spacial score (nSPS) is 16.9. The third kappa shape index (κ3) is 4.12. The summed E-state index contributed by atoms with van der Waals surface area (Å²) in [7, 11) is 0. The average Bonchev–Trinajstić information content (AvgIpc) is 3.20. The van der Waals surface area contributed by atoms with Gasteiger partial charge < -0.3 is 24.6 Å². The fraction of sp³-hybridized carbons (Fsp3) is 0.348. The number of fused-ring (bicyclic) bond motifs is 1. The van der Waals surface area contributed by atoms with Crippen LogP contribution >= 0.6 is 0 Å². The zero-order valence-electron chi connectivity index (χ0n) is 17.8. The molecule has 0 bridgehead atoms. The molecule has 2 N–H and O–H groups in total. The number of amides is 1. The van der Waals surface area contributed by atoms with Gasteiger partial charge >= 0.3 is 6.09 Å². The summed E-state index contributed by atoms with van der Waals surface area (Å²) in [5, 5.41) is 20.1. The topological polar surface area (TPSA) is 105 Å². The summed E-state index contributed by atoms with van der Waals surface area (Å²) in [6, 6.07) is 11.3. The molecule has 31 heavy (non-hydrogen) atoms. The molecule has 0 aliphatic carbocycles. The molecule has 1 unspecified atom stereocenters. The van der Waals surface area contributed by atoms with Crippen molar-refractivity contribution in [2.24, 2.45) is 5.41 Å². The van der Waals surface area contributed by atoms with E-state index in [-0.39, 0.29) is 11.5 Å². The number of benzene rings is 1. The molecule has 1 aliphatic rings. The zero-order valence-corrected chi connectivity index (χ0v) is 17.8. The van der Waals surface area contributed by atoms with Crippen LogP contribution in [0.5, 0.6) is 11.5 Å². The molecule has 3 aromatic rings. The smallest absolute Gasteiger partial charge is 0.407 e. The number of nitrogens with zero attached hydrogens (tertiary/aromatic N) is 4. The average molecular weight is 419 g/mol. The molecule has 1 amide bonds. The molecule has 0 saturated carbocycles. The second-order valence-electron chi connectivity index (χ2n) is 8.78. The summed E-state index contributed by atoms with van der Waals surface area (Å²) >= 11 is 0. The van der Waals surface area contributed by atoms with Crippen LogP contribution in [0.1, 0.15) is 26.3 Å². The van der Waals surface area contributed by atoms with E-state index in [1.807, 2.05) is 30.5 Å². The van der Waals surface area contributed by atoms with Gasteiger partial charge in [0.25, 0.3) is 0 Å². The number of aromatic amines is 1. The fourth-order valence-electron chi connectivity index (χ4n) is 3.97. The van der Waals surface area contributed by atoms with Gasteiger partial charge in [-0.25, -0.2) is 9.78 Å². The van der Waals surface area contributed by atoms with Gasteiger partial charge in [-0.3, -0.25) is 0 Å². The highest BCUT2D eigenvalue weighted by Crippen LogP contribution is 2.34. The molecule has 0 spiro atoms. The number of ether oxygens (including phenoxy) is 1. The number of anilines is 1. The Hall–Kier alpha value is -3.73. The Morgan fingerprint density at radius 3 is 2.81 bits per heavy atom. The Morgan fingerprint density at radius 2 is 2.10 bits per heavy atom. The molecule has 8 heteroatoms. The molecule has 1 saturated heterocycles. The van der Waals surface area contributed by atoms with Crippen LogP contribution in [-0.4, -0.2) is 51.7 Å². The van der Waals surface area contributed by atoms with Crippen molar-refractivity contribution in [2.45, 2.75) is 26.8 Å². The lowest BCUT2D eigenvalue weighted by Crippen LogP contribution is -2.59. The van der Waals surface area contributed by atoms with Gasteiger partial charge in [-0.15, -0.1) is 0 Å². The van der Waals surface area contributed by atoms with Crippen molar-refractivity contribution in [3.05, 3.63) is 48.3 Å². The molecule has 1 fully saturated rings. The molecule has 8 nitrogen and oxygen atoms in total. The Labute approximate surface area is 180 Å². The van der Waals surface area contributed by atoms with E-state index >= 15 is 0 Å². The van der Waals surface area contributed by atoms with Crippen LogP contribution in [0.2, 0.25) is 0 Å². The van der Waals surface area contributed by atoms with E-state index in [1.165, 1.54) is 4.90 Å². The quantitative estimate of drug-likeness (QED) is 0.650. The van der Waals surface area contributed by atoms with Crippen LogP contribution < -0.4 is 9.64 Å². The van der Waals surface area contributed by atoms with Crippen LogP contribution in [0.15, 0.2) is 42.7 Å². The van der Waals surface area contributed by atoms with E-state index in [0.717, 1.165) is 16.7 Å². The van der Waals surface area contributed by atoms with Gasteiger partial charge in [0.2, 0.25) is 0 Å². The molecule has 3 heterocycles. The van der Waals surface area contributed by atoms with Crippen LogP contribution in [-0.2, 0) is 0 Å². The highest BCUT2D eigenvalue weighted by Gasteiger charge is 2.38. The second kappa shape index (κ2) is 7.84. The number of hydrogen-bond acceptors (Lipinski definition) is 5. The third-order valence-electron chi connectivity index (χ3n) is 5.68. The van der Waals surface area contributed by atoms with E-state index in [2.05, 4.69) is 41.7 Å². The monoisotopic (exact) mass is 419 g/mol. The van der Waals surface area contributed by atoms with E-state index in [0.29, 0.717) is 36.7 Å². The molecule has 1 aliphatic heterocycles. The number of H-pyrrole nitrogens is 1. The first-order chi connectivity index (χ1) is 14.8. The number of nitriles is 1. The van der Waals surface area contributed by atoms with E-state index in [9.17, 15) is 15.2 Å². The summed E-state index contributed by atoms with van der Waals surface area (Å²) in [4.78, 5) is 22.8. The number of carboxylic acid groups (broad SMARTS) is 1. The van der Waals surface area contributed by atoms with E-state index < -0.39 is 6.09 Å². The fourth-order valence-corrected chi connectivity index (χ4v) is 3.97. The maximum atomic E-state index is 11.7. The largest absolute Gasteiger partial charge is 0.465 e. The van der Waals surface area contributed by atoms with Crippen molar-refractivity contribution < 1.29 is 14.6 Å². The standard InChI is InChI=1S/C23H25N5O3/c1-23(2,3)20-14-27(8-9-28(20)22(29)30)17-5-4-16(12-24)19(11-17)31-18-10-15-6-7-25-21(15)26-13-18/h4-7,10-11,13,20H,8-9,14H2,1-3H3,(H,25,26)(H,29,30). The second-order valence-corrected chi connectivity index (χ2v) is 8.78. The molecular weight excluding hydrogens is 394 g/mol. The number of aromatic nitrogens is 2. The summed E-state index contributed by atoms with van der Waals surface area (Å²) in [5.41, 5.74) is 1.88. The van der Waals surface area contributed by atoms with Gasteiger partial charge in [0.1, 0.15) is 23.2 Å². The van der Waals surface area contributed by atoms with E-state index in [4.69, 9.17) is 4.74 Å². The van der Waals surface area contributed by atoms with Crippen molar-refractivity contribution in [1.82, 2.24) is 14.9 Å². The predicted octanol–water partition coefficient (Wildman–Crippen LogP) is 4.44. The van der Waals surface area contributed by atoms with Crippen LogP contribution in [0.3, 0.4) is 0 Å². The number of rotatable bonds is 3. The summed E-state index contributed by atoms with van der Waals surface area (Å²) in [6.07, 6.45) is 2.54. The number of piperazine rings is 1. The molecule has 160 valence electrons. The number of pyridine rings is 1. The van der Waals surface area contributed by atoms with Gasteiger partial charge in [0.15, 0.2) is 0 Å². The molecule has 2 aromatic heterocycles. The Bertz CT molecular complexity index is 1160. The minimum absolute atomic E-state index is 0.154. The number of nitrogens with one attached hydrogen (secondary N) is 1. The van der Waals surface area contributed by atoms with Crippen LogP contribution in [0.4, 0.5) is 10.5 Å². The Balaban J connectivity index is 1.62. The maximum Gasteiger partial charge on any atom is 0.407 e. The van der Waals surface area contributed by atoms with Gasteiger partial charge in [0, 0.05) is 43.0 Å². The van der Waals surface area contributed by atoms with E-state index in [1.54, 1.807) is 12.3 Å². The van der Waals surface area contributed by atoms with Crippen molar-refractivity contribution in [2.75, 3.05) is 24.5 Å². The molecule has 1 aromatic carbocycles. The third-order valence-corrected chi connectivity index (χ3v) is 5.68. The van der Waals surface area contributed by atoms with Crippen molar-refractivity contribution in [3.63, 3.8) is 0 Å². The van der Waals surface area contributed by atoms with Gasteiger partial charge in [-0.1, -0.05) is 20.8 Å². The number of hydrogen-bond donors (Lipinski definition) is 2. The lowest BCUT2D eigenvalue weighted by Gasteiger charge is -2.46.